The van der Waals surface area contributed by atoms with E-state index in [4.69, 9.17) is 16.3 Å². The largest absolute Gasteiger partial charge is 0.458 e. The van der Waals surface area contributed by atoms with Crippen molar-refractivity contribution in [1.82, 2.24) is 19.9 Å². The number of esters is 1. The van der Waals surface area contributed by atoms with Gasteiger partial charge in [0.25, 0.3) is 0 Å². The fourth-order valence-corrected chi connectivity index (χ4v) is 2.57. The number of fused-ring (bicyclic) bond motifs is 1. The topological polar surface area (TPSA) is 92.8 Å². The molecule has 3 rings (SSSR count). The molecular weight excluding hydrogens is 373 g/mol. The highest BCUT2D eigenvalue weighted by Gasteiger charge is 2.23. The molecule has 0 spiro atoms. The van der Waals surface area contributed by atoms with Crippen molar-refractivity contribution in [2.75, 3.05) is 5.32 Å². The van der Waals surface area contributed by atoms with E-state index in [1.165, 1.54) is 6.20 Å². The Kier molecular flexibility index (Phi) is 5.01. The zero-order valence-electron chi connectivity index (χ0n) is 15.3. The Bertz CT molecular complexity index is 1010. The van der Waals surface area contributed by atoms with E-state index in [1.54, 1.807) is 40.0 Å². The third-order valence-corrected chi connectivity index (χ3v) is 3.80. The van der Waals surface area contributed by atoms with Crippen molar-refractivity contribution in [3.8, 4) is 11.4 Å². The smallest absolute Gasteiger partial charge is 0.328 e. The Balaban J connectivity index is 0.00000210. The van der Waals surface area contributed by atoms with Crippen molar-refractivity contribution >= 4 is 34.4 Å². The zero-order valence-corrected chi connectivity index (χ0v) is 16.1. The van der Waals surface area contributed by atoms with Gasteiger partial charge in [-0.1, -0.05) is 11.6 Å². The molecule has 0 saturated heterocycles. The van der Waals surface area contributed by atoms with Crippen LogP contribution in [0.4, 0.5) is 10.2 Å². The van der Waals surface area contributed by atoms with E-state index in [1.807, 2.05) is 0 Å². The Morgan fingerprint density at radius 3 is 2.81 bits per heavy atom. The van der Waals surface area contributed by atoms with E-state index in [9.17, 15) is 9.18 Å². The monoisotopic (exact) mass is 395 g/mol. The lowest BCUT2D eigenvalue weighted by molar-refractivity contribution is -0.155. The number of halogens is 2. The number of carbonyl (C=O) groups is 1. The van der Waals surface area contributed by atoms with Crippen LogP contribution >= 0.6 is 11.6 Å². The predicted octanol–water partition coefficient (Wildman–Crippen LogP) is 4.45. The highest BCUT2D eigenvalue weighted by atomic mass is 35.5. The van der Waals surface area contributed by atoms with Crippen molar-refractivity contribution < 1.29 is 16.8 Å². The van der Waals surface area contributed by atoms with Gasteiger partial charge in [-0.05, 0) is 33.8 Å². The molecule has 0 bridgehead atoms. The molecule has 1 atom stereocenters. The lowest BCUT2D eigenvalue weighted by Crippen LogP contribution is -2.35. The van der Waals surface area contributed by atoms with Crippen LogP contribution in [0.2, 0.25) is 5.02 Å². The number of anilines is 1. The summed E-state index contributed by atoms with van der Waals surface area (Å²) in [5.74, 6) is -1.01. The number of ether oxygens (including phenoxy) is 1. The van der Waals surface area contributed by atoms with Crippen LogP contribution < -0.4 is 5.32 Å². The summed E-state index contributed by atoms with van der Waals surface area (Å²) in [4.78, 5) is 27.6. The number of hydrogen-bond donors (Lipinski definition) is 2. The molecule has 0 aliphatic rings. The fraction of sp³-hybridized carbons (Fsp3) is 0.333. The second-order valence-corrected chi connectivity index (χ2v) is 7.48. The summed E-state index contributed by atoms with van der Waals surface area (Å²) < 4.78 is 19.5. The minimum Gasteiger partial charge on any atom is -0.458 e. The fourth-order valence-electron chi connectivity index (χ4n) is 2.42. The molecule has 2 N–H and O–H groups in total. The molecule has 0 unspecified atom stereocenters. The van der Waals surface area contributed by atoms with Gasteiger partial charge in [-0.15, -0.1) is 0 Å². The van der Waals surface area contributed by atoms with Crippen LogP contribution in [0.3, 0.4) is 0 Å². The number of aromatic amines is 1. The number of nitrogens with one attached hydrogen (secondary N) is 2. The van der Waals surface area contributed by atoms with Crippen LogP contribution in [0.15, 0.2) is 24.7 Å². The Labute approximate surface area is 163 Å². The molecule has 3 aromatic rings. The molecule has 0 amide bonds. The van der Waals surface area contributed by atoms with Crippen LogP contribution in [0, 0.1) is 5.82 Å². The molecule has 146 valence electrons. The van der Waals surface area contributed by atoms with Crippen LogP contribution in [-0.4, -0.2) is 37.5 Å². The molecule has 0 aromatic carbocycles. The number of nitrogens with zero attached hydrogens (tertiary/aromatic N) is 3. The van der Waals surface area contributed by atoms with Crippen LogP contribution in [0.1, 0.15) is 30.5 Å². The summed E-state index contributed by atoms with van der Waals surface area (Å²) in [7, 11) is 0. The van der Waals surface area contributed by atoms with Gasteiger partial charge in [-0.3, -0.25) is 0 Å². The molecule has 0 radical (unpaired) electrons. The van der Waals surface area contributed by atoms with Crippen molar-refractivity contribution in [3.05, 3.63) is 35.5 Å². The average Bonchev–Trinajstić information content (AvgIpc) is 2.98. The standard InChI is InChI=1S/C18H19ClFN5O2.2H2/c1-9(17(26)27-18(2,3)4)24-16-13(20)8-23-15(25-16)12-7-22-14-11(12)5-10(19)6-21-14;;/h5-9H,1-4H3,(H,21,22)(H,23,24,25);2*1H/t9-;;/m0../s1. The maximum Gasteiger partial charge on any atom is 0.328 e. The van der Waals surface area contributed by atoms with Crippen molar-refractivity contribution in [3.63, 3.8) is 0 Å². The minimum atomic E-state index is -0.791. The molecule has 0 saturated carbocycles. The maximum absolute atomic E-state index is 14.2. The average molecular weight is 396 g/mol. The molecule has 7 nitrogen and oxygen atoms in total. The van der Waals surface area contributed by atoms with Gasteiger partial charge in [-0.2, -0.15) is 0 Å². The van der Waals surface area contributed by atoms with Gasteiger partial charge < -0.3 is 15.0 Å². The van der Waals surface area contributed by atoms with Gasteiger partial charge in [0, 0.05) is 26.2 Å². The first-order valence-electron chi connectivity index (χ1n) is 8.29. The van der Waals surface area contributed by atoms with E-state index in [0.717, 1.165) is 6.20 Å². The van der Waals surface area contributed by atoms with Crippen molar-refractivity contribution in [1.29, 1.82) is 0 Å². The van der Waals surface area contributed by atoms with Crippen molar-refractivity contribution in [2.45, 2.75) is 39.3 Å². The van der Waals surface area contributed by atoms with Crippen LogP contribution in [0.5, 0.6) is 0 Å². The first-order valence-corrected chi connectivity index (χ1v) is 8.67. The molecule has 0 aliphatic heterocycles. The van der Waals surface area contributed by atoms with E-state index >= 15 is 0 Å². The van der Waals surface area contributed by atoms with Gasteiger partial charge in [0.15, 0.2) is 17.5 Å². The van der Waals surface area contributed by atoms with E-state index in [2.05, 4.69) is 25.3 Å². The molecule has 3 aromatic heterocycles. The lowest BCUT2D eigenvalue weighted by atomic mass is 10.2. The highest BCUT2D eigenvalue weighted by Crippen LogP contribution is 2.28. The second-order valence-electron chi connectivity index (χ2n) is 7.04. The maximum atomic E-state index is 14.2. The Morgan fingerprint density at radius 2 is 2.11 bits per heavy atom. The number of hydrogen-bond acceptors (Lipinski definition) is 6. The second kappa shape index (κ2) is 7.11. The summed E-state index contributed by atoms with van der Waals surface area (Å²) in [6.07, 6.45) is 4.23. The van der Waals surface area contributed by atoms with E-state index in [0.29, 0.717) is 21.6 Å². The van der Waals surface area contributed by atoms with Gasteiger partial charge in [0.1, 0.15) is 17.3 Å². The van der Waals surface area contributed by atoms with Crippen LogP contribution in [0.25, 0.3) is 22.4 Å². The summed E-state index contributed by atoms with van der Waals surface area (Å²) in [5.41, 5.74) is 0.588. The quantitative estimate of drug-likeness (QED) is 0.634. The number of rotatable bonds is 4. The minimum absolute atomic E-state index is 0. The Morgan fingerprint density at radius 1 is 1.37 bits per heavy atom. The molecule has 3 heterocycles. The number of aromatic nitrogens is 4. The molecule has 27 heavy (non-hydrogen) atoms. The van der Waals surface area contributed by atoms with E-state index in [-0.39, 0.29) is 14.5 Å². The molecule has 0 aliphatic carbocycles. The van der Waals surface area contributed by atoms with Gasteiger partial charge in [-0.25, -0.2) is 24.1 Å². The van der Waals surface area contributed by atoms with Crippen LogP contribution in [-0.2, 0) is 9.53 Å². The lowest BCUT2D eigenvalue weighted by Gasteiger charge is -2.23. The third-order valence-electron chi connectivity index (χ3n) is 3.60. The van der Waals surface area contributed by atoms with Gasteiger partial charge in [0.05, 0.1) is 11.2 Å². The summed E-state index contributed by atoms with van der Waals surface area (Å²) >= 11 is 6.01. The van der Waals surface area contributed by atoms with Gasteiger partial charge >= 0.3 is 5.97 Å². The molecular formula is C18H23ClFN5O2. The predicted molar refractivity (Wildman–Crippen MR) is 105 cm³/mol. The first-order chi connectivity index (χ1) is 12.6. The Hall–Kier alpha value is -2.74. The number of carbonyl (C=O) groups excluding carboxylic acids is 1. The summed E-state index contributed by atoms with van der Waals surface area (Å²) in [6, 6.07) is 0.930. The third kappa shape index (κ3) is 4.33. The SMILES string of the molecule is C[C@H](Nc1nc(-c2c[nH]c3ncc(Cl)cc23)ncc1F)C(=O)OC(C)(C)C.[HH].[HH]. The first kappa shape index (κ1) is 19.0. The van der Waals surface area contributed by atoms with Crippen molar-refractivity contribution in [2.24, 2.45) is 0 Å². The van der Waals surface area contributed by atoms with Gasteiger partial charge in [0.2, 0.25) is 0 Å². The highest BCUT2D eigenvalue weighted by molar-refractivity contribution is 6.31. The summed E-state index contributed by atoms with van der Waals surface area (Å²) in [6.45, 7) is 6.86. The zero-order chi connectivity index (χ0) is 19.8. The number of H-pyrrole nitrogens is 1. The molecule has 9 heteroatoms. The molecule has 0 fully saturated rings. The normalized spacial score (nSPS) is 12.8. The van der Waals surface area contributed by atoms with E-state index < -0.39 is 23.4 Å². The summed E-state index contributed by atoms with van der Waals surface area (Å²) in [5, 5.41) is 3.91. The number of pyridine rings is 1.